The van der Waals surface area contributed by atoms with Crippen molar-refractivity contribution in [2.24, 2.45) is 0 Å². The lowest BCUT2D eigenvalue weighted by Crippen LogP contribution is -2.11. The van der Waals surface area contributed by atoms with E-state index >= 15 is 0 Å². The van der Waals surface area contributed by atoms with E-state index in [1.807, 2.05) is 0 Å². The van der Waals surface area contributed by atoms with E-state index < -0.39 is 34.6 Å². The minimum atomic E-state index is -4.74. The van der Waals surface area contributed by atoms with Crippen molar-refractivity contribution in [1.82, 2.24) is 0 Å². The Hall–Kier alpha value is -1.98. The molecular weight excluding hydrogens is 282 g/mol. The van der Waals surface area contributed by atoms with Crippen molar-refractivity contribution >= 4 is 0 Å². The molecule has 0 aliphatic carbocycles. The van der Waals surface area contributed by atoms with Gasteiger partial charge < -0.3 is 0 Å². The van der Waals surface area contributed by atoms with Crippen LogP contribution in [-0.4, -0.2) is 0 Å². The normalized spacial score (nSPS) is 12.5. The second kappa shape index (κ2) is 4.85. The molecule has 0 heterocycles. The summed E-state index contributed by atoms with van der Waals surface area (Å²) in [5, 5.41) is 0. The number of hydrogen-bond acceptors (Lipinski definition) is 0. The number of alkyl halides is 6. The van der Waals surface area contributed by atoms with E-state index in [2.05, 4.69) is 6.07 Å². The van der Waals surface area contributed by atoms with Crippen LogP contribution in [0.2, 0.25) is 0 Å². The van der Waals surface area contributed by atoms with Gasteiger partial charge in [0, 0.05) is 0 Å². The fourth-order valence-electron chi connectivity index (χ4n) is 1.86. The molecule has 0 aliphatic rings. The van der Waals surface area contributed by atoms with E-state index in [1.165, 1.54) is 6.07 Å². The Morgan fingerprint density at radius 2 is 1.25 bits per heavy atom. The molecule has 0 atom stereocenters. The van der Waals surface area contributed by atoms with Gasteiger partial charge in [-0.05, 0) is 29.3 Å². The third kappa shape index (κ3) is 2.79. The maximum atomic E-state index is 12.9. The largest absolute Gasteiger partial charge is 0.417 e. The van der Waals surface area contributed by atoms with Crippen molar-refractivity contribution in [3.63, 3.8) is 0 Å². The average Bonchev–Trinajstić information content (AvgIpc) is 2.37. The topological polar surface area (TPSA) is 0 Å². The predicted octanol–water partition coefficient (Wildman–Crippen LogP) is 5.19. The van der Waals surface area contributed by atoms with Gasteiger partial charge in [0.15, 0.2) is 0 Å². The Bertz CT molecular complexity index is 554. The van der Waals surface area contributed by atoms with Crippen molar-refractivity contribution in [3.05, 3.63) is 59.7 Å². The Morgan fingerprint density at radius 1 is 0.700 bits per heavy atom. The highest BCUT2D eigenvalue weighted by Gasteiger charge is 2.37. The first-order valence-corrected chi connectivity index (χ1v) is 5.45. The van der Waals surface area contributed by atoms with Gasteiger partial charge in [0.05, 0.1) is 11.1 Å². The van der Waals surface area contributed by atoms with Crippen LogP contribution in [0, 0.1) is 6.07 Å². The minimum Gasteiger partial charge on any atom is -0.166 e. The summed E-state index contributed by atoms with van der Waals surface area (Å²) in [6.07, 6.45) is -9.47. The van der Waals surface area contributed by atoms with Crippen molar-refractivity contribution in [2.45, 2.75) is 12.4 Å². The zero-order valence-corrected chi connectivity index (χ0v) is 9.81. The van der Waals surface area contributed by atoms with E-state index in [4.69, 9.17) is 0 Å². The van der Waals surface area contributed by atoms with Gasteiger partial charge in [0.1, 0.15) is 0 Å². The highest BCUT2D eigenvalue weighted by molar-refractivity contribution is 5.71. The SMILES string of the molecule is FC(F)(F)c1c[c]ccc1-c1ccccc1C(F)(F)F. The summed E-state index contributed by atoms with van der Waals surface area (Å²) in [5.74, 6) is 0. The molecule has 0 spiro atoms. The predicted molar refractivity (Wildman–Crippen MR) is 60.7 cm³/mol. The molecule has 105 valence electrons. The molecule has 20 heavy (non-hydrogen) atoms. The lowest BCUT2D eigenvalue weighted by molar-refractivity contribution is -0.139. The van der Waals surface area contributed by atoms with E-state index in [0.717, 1.165) is 30.3 Å². The van der Waals surface area contributed by atoms with Crippen LogP contribution in [0.4, 0.5) is 26.3 Å². The molecule has 0 saturated carbocycles. The molecule has 2 aromatic rings. The highest BCUT2D eigenvalue weighted by Crippen LogP contribution is 2.42. The lowest BCUT2D eigenvalue weighted by Gasteiger charge is -2.17. The third-order valence-corrected chi connectivity index (χ3v) is 2.69. The van der Waals surface area contributed by atoms with Crippen LogP contribution in [0.15, 0.2) is 42.5 Å². The zero-order chi connectivity index (χ0) is 15.0. The van der Waals surface area contributed by atoms with Crippen LogP contribution in [-0.2, 0) is 12.4 Å². The Balaban J connectivity index is 2.71. The van der Waals surface area contributed by atoms with Crippen molar-refractivity contribution in [3.8, 4) is 11.1 Å². The molecule has 6 heteroatoms. The first kappa shape index (κ1) is 14.4. The molecule has 0 nitrogen and oxygen atoms in total. The van der Waals surface area contributed by atoms with Crippen LogP contribution in [0.1, 0.15) is 11.1 Å². The number of hydrogen-bond donors (Lipinski definition) is 0. The number of rotatable bonds is 1. The summed E-state index contributed by atoms with van der Waals surface area (Å²) >= 11 is 0. The number of benzene rings is 2. The summed E-state index contributed by atoms with van der Waals surface area (Å²) in [6.45, 7) is 0. The highest BCUT2D eigenvalue weighted by atomic mass is 19.4. The summed E-state index contributed by atoms with van der Waals surface area (Å²) in [4.78, 5) is 0. The molecule has 1 radical (unpaired) electrons. The molecular formula is C14H7F6. The summed E-state index contributed by atoms with van der Waals surface area (Å²) < 4.78 is 77.2. The summed E-state index contributed by atoms with van der Waals surface area (Å²) in [7, 11) is 0. The zero-order valence-electron chi connectivity index (χ0n) is 9.81. The van der Waals surface area contributed by atoms with Crippen molar-refractivity contribution < 1.29 is 26.3 Å². The summed E-state index contributed by atoms with van der Waals surface area (Å²) in [6, 6.07) is 9.18. The van der Waals surface area contributed by atoms with Crippen molar-refractivity contribution in [2.75, 3.05) is 0 Å². The van der Waals surface area contributed by atoms with Gasteiger partial charge in [-0.1, -0.05) is 30.3 Å². The number of halogens is 6. The fourth-order valence-corrected chi connectivity index (χ4v) is 1.86. The van der Waals surface area contributed by atoms with E-state index in [9.17, 15) is 26.3 Å². The van der Waals surface area contributed by atoms with Gasteiger partial charge in [-0.15, -0.1) is 0 Å². The van der Waals surface area contributed by atoms with Gasteiger partial charge in [-0.25, -0.2) is 0 Å². The monoisotopic (exact) mass is 289 g/mol. The Morgan fingerprint density at radius 3 is 1.85 bits per heavy atom. The molecule has 0 bridgehead atoms. The Kier molecular flexibility index (Phi) is 3.50. The Labute approximate surface area is 110 Å². The van der Waals surface area contributed by atoms with E-state index in [1.54, 1.807) is 0 Å². The fraction of sp³-hybridized carbons (Fsp3) is 0.143. The van der Waals surface area contributed by atoms with Crippen LogP contribution >= 0.6 is 0 Å². The average molecular weight is 289 g/mol. The van der Waals surface area contributed by atoms with Gasteiger partial charge in [-0.3, -0.25) is 0 Å². The quantitative estimate of drug-likeness (QED) is 0.634. The van der Waals surface area contributed by atoms with Crippen LogP contribution in [0.5, 0.6) is 0 Å². The molecule has 0 N–H and O–H groups in total. The molecule has 2 aromatic carbocycles. The summed E-state index contributed by atoms with van der Waals surface area (Å²) in [5.41, 5.74) is -3.25. The molecule has 2 rings (SSSR count). The molecule has 0 aromatic heterocycles. The maximum absolute atomic E-state index is 12.9. The van der Waals surface area contributed by atoms with Crippen molar-refractivity contribution in [1.29, 1.82) is 0 Å². The van der Waals surface area contributed by atoms with Gasteiger partial charge >= 0.3 is 12.4 Å². The van der Waals surface area contributed by atoms with E-state index in [-0.39, 0.29) is 0 Å². The molecule has 0 fully saturated rings. The van der Waals surface area contributed by atoms with E-state index in [0.29, 0.717) is 6.07 Å². The minimum absolute atomic E-state index is 0.499. The van der Waals surface area contributed by atoms with Gasteiger partial charge in [-0.2, -0.15) is 26.3 Å². The second-order valence-corrected chi connectivity index (χ2v) is 4.01. The standard InChI is InChI=1S/C14H7F6/c15-13(16,17)11-7-3-1-5-9(11)10-6-2-4-8-12(10)14(18,19)20/h1-3,5-8H. The second-order valence-electron chi connectivity index (χ2n) is 4.01. The molecule has 0 saturated heterocycles. The van der Waals surface area contributed by atoms with Crippen LogP contribution in [0.3, 0.4) is 0 Å². The molecule has 0 amide bonds. The van der Waals surface area contributed by atoms with Crippen LogP contribution < -0.4 is 0 Å². The molecule has 0 aliphatic heterocycles. The first-order chi connectivity index (χ1) is 9.21. The van der Waals surface area contributed by atoms with Gasteiger partial charge in [0.2, 0.25) is 0 Å². The smallest absolute Gasteiger partial charge is 0.166 e. The van der Waals surface area contributed by atoms with Crippen LogP contribution in [0.25, 0.3) is 11.1 Å². The third-order valence-electron chi connectivity index (χ3n) is 2.69. The maximum Gasteiger partial charge on any atom is 0.417 e. The molecule has 0 unspecified atom stereocenters. The van der Waals surface area contributed by atoms with Gasteiger partial charge in [0.25, 0.3) is 0 Å². The lowest BCUT2D eigenvalue weighted by atomic mass is 9.95. The first-order valence-electron chi connectivity index (χ1n) is 5.45.